The number of methoxy groups -OCH3 is 1. The Bertz CT molecular complexity index is 1130. The molecule has 1 fully saturated rings. The Morgan fingerprint density at radius 2 is 1.93 bits per heavy atom. The number of nitrogens with one attached hydrogen (secondary N) is 1. The summed E-state index contributed by atoms with van der Waals surface area (Å²) in [5, 5.41) is 1.15. The fourth-order valence-electron chi connectivity index (χ4n) is 3.67. The van der Waals surface area contributed by atoms with Gasteiger partial charge in [0.25, 0.3) is 0 Å². The zero-order chi connectivity index (χ0) is 19.6. The Hall–Kier alpha value is -3.38. The Labute approximate surface area is 169 Å². The van der Waals surface area contributed by atoms with Crippen LogP contribution in [-0.2, 0) is 4.74 Å². The van der Waals surface area contributed by atoms with E-state index < -0.39 is 0 Å². The SMILES string of the molecule is COc1cncc(-c2ccc3[nH]c(-c4ccc(N5CCCOC5)nc4)cc3c2)c1. The zero-order valence-electron chi connectivity index (χ0n) is 16.3. The molecule has 4 heterocycles. The van der Waals surface area contributed by atoms with Crippen molar-refractivity contribution >= 4 is 16.7 Å². The van der Waals surface area contributed by atoms with Crippen LogP contribution in [0, 0.1) is 0 Å². The number of hydrogen-bond acceptors (Lipinski definition) is 5. The van der Waals surface area contributed by atoms with E-state index >= 15 is 0 Å². The highest BCUT2D eigenvalue weighted by atomic mass is 16.5. The predicted molar refractivity (Wildman–Crippen MR) is 114 cm³/mol. The highest BCUT2D eigenvalue weighted by molar-refractivity contribution is 5.89. The molecule has 146 valence electrons. The van der Waals surface area contributed by atoms with Gasteiger partial charge in [-0.15, -0.1) is 0 Å². The average molecular weight is 386 g/mol. The lowest BCUT2D eigenvalue weighted by molar-refractivity contribution is 0.106. The van der Waals surface area contributed by atoms with Crippen LogP contribution in [0.4, 0.5) is 5.82 Å². The second-order valence-electron chi connectivity index (χ2n) is 7.16. The molecule has 1 aromatic carbocycles. The Morgan fingerprint density at radius 1 is 1.00 bits per heavy atom. The van der Waals surface area contributed by atoms with Crippen molar-refractivity contribution in [2.75, 3.05) is 31.9 Å². The Kier molecular flexibility index (Phi) is 4.62. The summed E-state index contributed by atoms with van der Waals surface area (Å²) in [5.74, 6) is 1.71. The molecule has 6 heteroatoms. The van der Waals surface area contributed by atoms with Crippen molar-refractivity contribution in [2.24, 2.45) is 0 Å². The predicted octanol–water partition coefficient (Wildman–Crippen LogP) is 4.48. The third kappa shape index (κ3) is 3.54. The molecule has 0 aliphatic carbocycles. The lowest BCUT2D eigenvalue weighted by Crippen LogP contribution is -2.33. The first kappa shape index (κ1) is 17.7. The van der Waals surface area contributed by atoms with Gasteiger partial charge in [0, 0.05) is 46.7 Å². The van der Waals surface area contributed by atoms with Crippen LogP contribution in [0.3, 0.4) is 0 Å². The quantitative estimate of drug-likeness (QED) is 0.560. The maximum Gasteiger partial charge on any atom is 0.137 e. The number of hydrogen-bond donors (Lipinski definition) is 1. The van der Waals surface area contributed by atoms with Crippen molar-refractivity contribution in [1.82, 2.24) is 15.0 Å². The van der Waals surface area contributed by atoms with E-state index in [2.05, 4.69) is 56.3 Å². The number of fused-ring (bicyclic) bond motifs is 1. The molecular weight excluding hydrogens is 364 g/mol. The monoisotopic (exact) mass is 386 g/mol. The number of anilines is 1. The average Bonchev–Trinajstić information content (AvgIpc) is 3.23. The maximum absolute atomic E-state index is 5.52. The minimum atomic E-state index is 0.612. The van der Waals surface area contributed by atoms with Gasteiger partial charge in [-0.2, -0.15) is 0 Å². The van der Waals surface area contributed by atoms with Crippen molar-refractivity contribution in [3.05, 3.63) is 61.1 Å². The molecule has 3 aromatic heterocycles. The lowest BCUT2D eigenvalue weighted by atomic mass is 10.1. The minimum Gasteiger partial charge on any atom is -0.495 e. The third-order valence-corrected chi connectivity index (χ3v) is 5.25. The number of benzene rings is 1. The van der Waals surface area contributed by atoms with Gasteiger partial charge in [-0.05, 0) is 48.4 Å². The van der Waals surface area contributed by atoms with E-state index in [0.717, 1.165) is 64.4 Å². The zero-order valence-corrected chi connectivity index (χ0v) is 16.3. The summed E-state index contributed by atoms with van der Waals surface area (Å²) in [7, 11) is 1.65. The summed E-state index contributed by atoms with van der Waals surface area (Å²) >= 11 is 0. The third-order valence-electron chi connectivity index (χ3n) is 5.25. The van der Waals surface area contributed by atoms with Crippen LogP contribution in [0.15, 0.2) is 61.1 Å². The molecule has 0 saturated carbocycles. The van der Waals surface area contributed by atoms with Crippen LogP contribution in [0.1, 0.15) is 6.42 Å². The van der Waals surface area contributed by atoms with E-state index in [9.17, 15) is 0 Å². The van der Waals surface area contributed by atoms with Crippen LogP contribution >= 0.6 is 0 Å². The normalized spacial score (nSPS) is 14.3. The van der Waals surface area contributed by atoms with Crippen LogP contribution < -0.4 is 9.64 Å². The van der Waals surface area contributed by atoms with Gasteiger partial charge in [0.1, 0.15) is 18.3 Å². The minimum absolute atomic E-state index is 0.612. The summed E-state index contributed by atoms with van der Waals surface area (Å²) in [6.45, 7) is 2.43. The largest absolute Gasteiger partial charge is 0.495 e. The molecule has 0 spiro atoms. The first-order valence-corrected chi connectivity index (χ1v) is 9.71. The Morgan fingerprint density at radius 3 is 2.72 bits per heavy atom. The molecule has 6 nitrogen and oxygen atoms in total. The summed E-state index contributed by atoms with van der Waals surface area (Å²) in [6.07, 6.45) is 6.52. The van der Waals surface area contributed by atoms with E-state index in [-0.39, 0.29) is 0 Å². The van der Waals surface area contributed by atoms with Crippen molar-refractivity contribution < 1.29 is 9.47 Å². The number of aromatic nitrogens is 3. The van der Waals surface area contributed by atoms with Crippen LogP contribution in [0.5, 0.6) is 5.75 Å². The molecule has 0 amide bonds. The van der Waals surface area contributed by atoms with Gasteiger partial charge in [-0.1, -0.05) is 6.07 Å². The number of ether oxygens (including phenoxy) is 2. The van der Waals surface area contributed by atoms with E-state index in [0.29, 0.717) is 6.73 Å². The molecule has 0 radical (unpaired) electrons. The van der Waals surface area contributed by atoms with Gasteiger partial charge in [-0.3, -0.25) is 4.98 Å². The first-order chi connectivity index (χ1) is 14.3. The van der Waals surface area contributed by atoms with Crippen LogP contribution in [-0.4, -0.2) is 41.9 Å². The van der Waals surface area contributed by atoms with Crippen LogP contribution in [0.25, 0.3) is 33.3 Å². The summed E-state index contributed by atoms with van der Waals surface area (Å²) in [6, 6.07) is 14.7. The highest BCUT2D eigenvalue weighted by Gasteiger charge is 2.13. The van der Waals surface area contributed by atoms with Crippen molar-refractivity contribution in [3.63, 3.8) is 0 Å². The second-order valence-corrected chi connectivity index (χ2v) is 7.16. The van der Waals surface area contributed by atoms with E-state index in [1.165, 1.54) is 0 Å². The molecular formula is C23H22N4O2. The van der Waals surface area contributed by atoms with Crippen LogP contribution in [0.2, 0.25) is 0 Å². The summed E-state index contributed by atoms with van der Waals surface area (Å²) < 4.78 is 10.8. The fraction of sp³-hybridized carbons (Fsp3) is 0.217. The fourth-order valence-corrected chi connectivity index (χ4v) is 3.67. The van der Waals surface area contributed by atoms with E-state index in [1.54, 1.807) is 13.3 Å². The molecule has 1 saturated heterocycles. The molecule has 0 atom stereocenters. The van der Waals surface area contributed by atoms with E-state index in [4.69, 9.17) is 9.47 Å². The number of pyridine rings is 2. The summed E-state index contributed by atoms with van der Waals surface area (Å²) in [5.41, 5.74) is 5.34. The van der Waals surface area contributed by atoms with Crippen molar-refractivity contribution in [1.29, 1.82) is 0 Å². The maximum atomic E-state index is 5.52. The number of aromatic amines is 1. The van der Waals surface area contributed by atoms with Gasteiger partial charge < -0.3 is 19.4 Å². The van der Waals surface area contributed by atoms with Gasteiger partial charge in [-0.25, -0.2) is 4.98 Å². The lowest BCUT2D eigenvalue weighted by Gasteiger charge is -2.27. The highest BCUT2D eigenvalue weighted by Crippen LogP contribution is 2.30. The van der Waals surface area contributed by atoms with Gasteiger partial charge in [0.05, 0.1) is 19.9 Å². The van der Waals surface area contributed by atoms with E-state index in [1.807, 2.05) is 18.5 Å². The molecule has 29 heavy (non-hydrogen) atoms. The molecule has 1 N–H and O–H groups in total. The standard InChI is InChI=1S/C23H22N4O2/c1-28-20-10-19(12-24-14-20)16-3-5-21-18(9-16)11-22(26-21)17-4-6-23(25-13-17)27-7-2-8-29-15-27/h3-6,9-14,26H,2,7-8,15H2,1H3. The van der Waals surface area contributed by atoms with Gasteiger partial charge in [0.2, 0.25) is 0 Å². The second kappa shape index (κ2) is 7.56. The van der Waals surface area contributed by atoms with Gasteiger partial charge >= 0.3 is 0 Å². The first-order valence-electron chi connectivity index (χ1n) is 9.71. The Balaban J connectivity index is 1.43. The number of rotatable bonds is 4. The molecule has 0 unspecified atom stereocenters. The van der Waals surface area contributed by atoms with Gasteiger partial charge in [0.15, 0.2) is 0 Å². The molecule has 5 rings (SSSR count). The molecule has 0 bridgehead atoms. The molecule has 4 aromatic rings. The van der Waals surface area contributed by atoms with Crippen molar-refractivity contribution in [3.8, 4) is 28.1 Å². The number of H-pyrrole nitrogens is 1. The molecule has 1 aliphatic heterocycles. The topological polar surface area (TPSA) is 63.3 Å². The smallest absolute Gasteiger partial charge is 0.137 e. The summed E-state index contributed by atoms with van der Waals surface area (Å²) in [4.78, 5) is 14.5. The van der Waals surface area contributed by atoms with Crippen molar-refractivity contribution in [2.45, 2.75) is 6.42 Å². The molecule has 1 aliphatic rings. The number of nitrogens with zero attached hydrogens (tertiary/aromatic N) is 3.